The average molecular weight is 396 g/mol. The molecule has 0 aromatic heterocycles. The molecule has 0 bridgehead atoms. The summed E-state index contributed by atoms with van der Waals surface area (Å²) in [5.41, 5.74) is 1.00. The summed E-state index contributed by atoms with van der Waals surface area (Å²) in [7, 11) is 1.33. The first-order chi connectivity index (χ1) is 10.2. The fourth-order valence-corrected chi connectivity index (χ4v) is 4.08. The third-order valence-corrected chi connectivity index (χ3v) is 5.51. The van der Waals surface area contributed by atoms with E-state index in [1.165, 1.54) is 10.7 Å². The molecule has 0 fully saturated rings. The van der Waals surface area contributed by atoms with Crippen LogP contribution in [0.15, 0.2) is 70.4 Å². The number of aliphatic hydroxyl groups is 1. The van der Waals surface area contributed by atoms with Gasteiger partial charge in [0.2, 0.25) is 0 Å². The van der Waals surface area contributed by atoms with Gasteiger partial charge in [-0.1, -0.05) is 0 Å². The third kappa shape index (κ3) is 4.44. The van der Waals surface area contributed by atoms with Crippen molar-refractivity contribution < 1.29 is 14.6 Å². The molecule has 0 saturated carbocycles. The summed E-state index contributed by atoms with van der Waals surface area (Å²) in [6.45, 7) is 0. The Morgan fingerprint density at radius 2 is 1.67 bits per heavy atom. The monoisotopic (exact) mass is 398 g/mol. The molecule has 0 aliphatic heterocycles. The summed E-state index contributed by atoms with van der Waals surface area (Å²) in [6, 6.07) is 19.1. The molecule has 2 aromatic carbocycles. The summed E-state index contributed by atoms with van der Waals surface area (Å²) < 4.78 is 7.85. The van der Waals surface area contributed by atoms with Crippen LogP contribution in [0.4, 0.5) is 0 Å². The Morgan fingerprint density at radius 1 is 1.10 bits per heavy atom. The van der Waals surface area contributed by atoms with E-state index < -0.39 is 33.0 Å². The van der Waals surface area contributed by atoms with Gasteiger partial charge >= 0.3 is 134 Å². The number of esters is 1. The van der Waals surface area contributed by atoms with Gasteiger partial charge in [0.05, 0.1) is 0 Å². The summed E-state index contributed by atoms with van der Waals surface area (Å²) in [5, 5.41) is 10.4. The minimum atomic E-state index is -0.951. The molecule has 0 radical (unpaired) electrons. The first-order valence-electron chi connectivity index (χ1n) is 6.45. The molecule has 2 rings (SSSR count). The molecule has 0 heterocycles. The van der Waals surface area contributed by atoms with Crippen molar-refractivity contribution in [3.8, 4) is 0 Å². The molecule has 0 amide bonds. The van der Waals surface area contributed by atoms with E-state index in [9.17, 15) is 9.90 Å². The first kappa shape index (κ1) is 15.8. The summed E-state index contributed by atoms with van der Waals surface area (Å²) in [5.74, 6) is -0.479. The van der Waals surface area contributed by atoms with Gasteiger partial charge in [0.15, 0.2) is 0 Å². The molecule has 0 saturated heterocycles. The van der Waals surface area contributed by atoms with Crippen LogP contribution in [-0.2, 0) is 9.53 Å². The summed E-state index contributed by atoms with van der Waals surface area (Å²) >= 11 is -0.695. The molecule has 108 valence electrons. The Bertz CT molecular complexity index is 608. The van der Waals surface area contributed by atoms with Crippen LogP contribution in [0.3, 0.4) is 0 Å². The number of hydrogen-bond acceptors (Lipinski definition) is 3. The van der Waals surface area contributed by atoms with Crippen molar-refractivity contribution in [2.75, 3.05) is 7.11 Å². The molecule has 3 nitrogen and oxygen atoms in total. The Morgan fingerprint density at radius 3 is 2.24 bits per heavy atom. The zero-order valence-corrected chi connectivity index (χ0v) is 13.9. The van der Waals surface area contributed by atoms with Gasteiger partial charge < -0.3 is 0 Å². The predicted molar refractivity (Wildman–Crippen MR) is 83.3 cm³/mol. The molecule has 1 unspecified atom stereocenters. The van der Waals surface area contributed by atoms with E-state index in [0.29, 0.717) is 11.1 Å². The molecule has 21 heavy (non-hydrogen) atoms. The maximum atomic E-state index is 11.9. The molecule has 2 aromatic rings. The Balaban J connectivity index is 2.24. The Kier molecular flexibility index (Phi) is 6.01. The van der Waals surface area contributed by atoms with Gasteiger partial charge in [-0.05, 0) is 0 Å². The average Bonchev–Trinajstić information content (AvgIpc) is 2.56. The van der Waals surface area contributed by atoms with Crippen LogP contribution >= 0.6 is 0 Å². The van der Waals surface area contributed by atoms with Gasteiger partial charge in [-0.25, -0.2) is 0 Å². The molecule has 4 heteroatoms. The van der Waals surface area contributed by atoms with E-state index >= 15 is 0 Å². The second-order valence-electron chi connectivity index (χ2n) is 4.31. The topological polar surface area (TPSA) is 46.5 Å². The zero-order valence-electron chi connectivity index (χ0n) is 11.6. The van der Waals surface area contributed by atoms with Crippen molar-refractivity contribution in [3.63, 3.8) is 0 Å². The van der Waals surface area contributed by atoms with Crippen molar-refractivity contribution in [2.45, 2.75) is 6.10 Å². The fraction of sp³-hybridized carbons (Fsp3) is 0.118. The number of aliphatic hydroxyl groups excluding tert-OH is 1. The maximum absolute atomic E-state index is 11.9. The normalized spacial score (nSPS) is 12.8. The quantitative estimate of drug-likeness (QED) is 0.477. The zero-order chi connectivity index (χ0) is 15.1. The van der Waals surface area contributed by atoms with E-state index in [4.69, 9.17) is 4.74 Å². The van der Waals surface area contributed by atoms with Crippen molar-refractivity contribution >= 4 is 30.5 Å². The van der Waals surface area contributed by atoms with E-state index in [1.807, 2.05) is 52.7 Å². The first-order valence-corrected chi connectivity index (χ1v) is 8.96. The second-order valence-corrected chi connectivity index (χ2v) is 7.00. The van der Waals surface area contributed by atoms with Crippen LogP contribution in [0.1, 0.15) is 11.7 Å². The van der Waals surface area contributed by atoms with Crippen LogP contribution < -0.4 is 3.61 Å². The number of ether oxygens (including phenoxy) is 1. The van der Waals surface area contributed by atoms with Gasteiger partial charge in [-0.3, -0.25) is 0 Å². The minimum absolute atomic E-state index is 0.315. The van der Waals surface area contributed by atoms with Crippen LogP contribution in [0, 0.1) is 0 Å². The van der Waals surface area contributed by atoms with Gasteiger partial charge in [0, 0.05) is 0 Å². The van der Waals surface area contributed by atoms with E-state index in [2.05, 4.69) is 0 Å². The Hall–Kier alpha value is -1.60. The summed E-state index contributed by atoms with van der Waals surface area (Å²) in [6.07, 6.45) is -0.951. The van der Waals surface area contributed by atoms with Crippen molar-refractivity contribution in [1.82, 2.24) is 0 Å². The molecule has 1 atom stereocenters. The van der Waals surface area contributed by atoms with Gasteiger partial charge in [0.25, 0.3) is 0 Å². The van der Waals surface area contributed by atoms with E-state index in [0.717, 1.165) is 0 Å². The molecular weight excluding hydrogens is 380 g/mol. The standard InChI is InChI=1S/C17H16O3Te/c1-20-17(19)15(12-21-14-10-6-3-7-11-14)16(18)13-8-4-2-5-9-13/h2-12,16,18H,1H3/b15-12-. The van der Waals surface area contributed by atoms with Crippen LogP contribution in [0.5, 0.6) is 0 Å². The van der Waals surface area contributed by atoms with E-state index in [1.54, 1.807) is 12.1 Å². The number of carbonyl (C=O) groups is 1. The van der Waals surface area contributed by atoms with Crippen molar-refractivity contribution in [2.24, 2.45) is 0 Å². The number of carbonyl (C=O) groups excluding carboxylic acids is 1. The van der Waals surface area contributed by atoms with E-state index in [-0.39, 0.29) is 0 Å². The van der Waals surface area contributed by atoms with Gasteiger partial charge in [-0.2, -0.15) is 0 Å². The van der Waals surface area contributed by atoms with Crippen molar-refractivity contribution in [3.05, 3.63) is 75.9 Å². The van der Waals surface area contributed by atoms with Crippen LogP contribution in [0.2, 0.25) is 0 Å². The molecule has 0 spiro atoms. The van der Waals surface area contributed by atoms with Gasteiger partial charge in [-0.15, -0.1) is 0 Å². The van der Waals surface area contributed by atoms with Gasteiger partial charge in [0.1, 0.15) is 0 Å². The molecule has 0 aliphatic carbocycles. The fourth-order valence-electron chi connectivity index (χ4n) is 1.79. The van der Waals surface area contributed by atoms with Crippen molar-refractivity contribution in [1.29, 1.82) is 0 Å². The number of rotatable bonds is 5. The molecule has 0 aliphatic rings. The van der Waals surface area contributed by atoms with Crippen LogP contribution in [0.25, 0.3) is 0 Å². The third-order valence-electron chi connectivity index (χ3n) is 2.90. The predicted octanol–water partition coefficient (Wildman–Crippen LogP) is 1.81. The second kappa shape index (κ2) is 7.99. The van der Waals surface area contributed by atoms with Crippen LogP contribution in [-0.4, -0.2) is 39.1 Å². The SMILES string of the molecule is COC(=O)/C(=C\[Te]c1ccccc1)C(O)c1ccccc1. The Labute approximate surface area is 134 Å². The molecular formula is C17H16O3Te. The number of methoxy groups -OCH3 is 1. The number of benzene rings is 2. The number of hydrogen-bond donors (Lipinski definition) is 1. The summed E-state index contributed by atoms with van der Waals surface area (Å²) in [4.78, 5) is 11.9. The molecule has 1 N–H and O–H groups in total.